The topological polar surface area (TPSA) is 46.2 Å². The number of aliphatic hydroxyl groups is 1. The van der Waals surface area contributed by atoms with Crippen molar-refractivity contribution in [3.8, 4) is 0 Å². The lowest BCUT2D eigenvalue weighted by Crippen LogP contribution is -2.44. The monoisotopic (exact) mass is 197 g/mol. The Kier molecular flexibility index (Phi) is 2.85. The average molecular weight is 197 g/mol. The van der Waals surface area contributed by atoms with Crippen molar-refractivity contribution in [1.29, 1.82) is 0 Å². The molecular weight excluding hydrogens is 174 g/mol. The molecule has 0 aliphatic heterocycles. The fourth-order valence-corrected chi connectivity index (χ4v) is 3.25. The summed E-state index contributed by atoms with van der Waals surface area (Å²) in [7, 11) is 0. The number of hydrogen-bond donors (Lipinski definition) is 2. The second kappa shape index (κ2) is 3.82. The van der Waals surface area contributed by atoms with Crippen molar-refractivity contribution in [2.45, 2.75) is 63.4 Å². The zero-order valence-corrected chi connectivity index (χ0v) is 9.10. The van der Waals surface area contributed by atoms with Gasteiger partial charge in [-0.1, -0.05) is 19.3 Å². The molecule has 1 spiro atoms. The van der Waals surface area contributed by atoms with Gasteiger partial charge in [0.15, 0.2) is 0 Å². The van der Waals surface area contributed by atoms with Crippen LogP contribution in [-0.4, -0.2) is 17.3 Å². The first-order valence-electron chi connectivity index (χ1n) is 6.11. The Labute approximate surface area is 86.9 Å². The molecule has 2 fully saturated rings. The zero-order chi connectivity index (χ0) is 10.1. The molecule has 0 saturated heterocycles. The fourth-order valence-electron chi connectivity index (χ4n) is 3.25. The van der Waals surface area contributed by atoms with Crippen LogP contribution in [0.25, 0.3) is 0 Å². The largest absolute Gasteiger partial charge is 0.389 e. The molecule has 2 heteroatoms. The molecule has 2 aliphatic rings. The Morgan fingerprint density at radius 3 is 1.93 bits per heavy atom. The van der Waals surface area contributed by atoms with Crippen molar-refractivity contribution < 1.29 is 5.11 Å². The summed E-state index contributed by atoms with van der Waals surface area (Å²) < 4.78 is 0. The van der Waals surface area contributed by atoms with E-state index in [1.807, 2.05) is 0 Å². The van der Waals surface area contributed by atoms with Gasteiger partial charge in [0.1, 0.15) is 0 Å². The molecule has 2 rings (SSSR count). The van der Waals surface area contributed by atoms with E-state index in [-0.39, 0.29) is 0 Å². The standard InChI is InChI=1S/C12H23NO/c13-10-12(14)8-6-11(7-9-12)4-2-1-3-5-11/h14H,1-10,13H2. The van der Waals surface area contributed by atoms with Crippen LogP contribution in [0.3, 0.4) is 0 Å². The molecule has 0 atom stereocenters. The molecule has 0 amide bonds. The minimum Gasteiger partial charge on any atom is -0.389 e. The van der Waals surface area contributed by atoms with Crippen LogP contribution in [0.5, 0.6) is 0 Å². The first-order chi connectivity index (χ1) is 6.68. The SMILES string of the molecule is NCC1(O)CCC2(CCCCC2)CC1. The Hall–Kier alpha value is -0.0800. The highest BCUT2D eigenvalue weighted by Crippen LogP contribution is 2.49. The summed E-state index contributed by atoms with van der Waals surface area (Å²) in [6.07, 6.45) is 11.3. The van der Waals surface area contributed by atoms with Crippen LogP contribution in [0.1, 0.15) is 57.8 Å². The smallest absolute Gasteiger partial charge is 0.0769 e. The van der Waals surface area contributed by atoms with E-state index in [1.54, 1.807) is 0 Å². The molecule has 82 valence electrons. The van der Waals surface area contributed by atoms with Crippen LogP contribution in [0.4, 0.5) is 0 Å². The summed E-state index contributed by atoms with van der Waals surface area (Å²) in [6, 6.07) is 0. The first kappa shape index (κ1) is 10.4. The van der Waals surface area contributed by atoms with Crippen molar-refractivity contribution >= 4 is 0 Å². The first-order valence-corrected chi connectivity index (χ1v) is 6.11. The summed E-state index contributed by atoms with van der Waals surface area (Å²) >= 11 is 0. The van der Waals surface area contributed by atoms with Crippen molar-refractivity contribution in [2.24, 2.45) is 11.1 Å². The van der Waals surface area contributed by atoms with Gasteiger partial charge in [0.25, 0.3) is 0 Å². The van der Waals surface area contributed by atoms with Crippen molar-refractivity contribution in [3.63, 3.8) is 0 Å². The van der Waals surface area contributed by atoms with E-state index in [9.17, 15) is 5.11 Å². The maximum Gasteiger partial charge on any atom is 0.0769 e. The minimum atomic E-state index is -0.525. The van der Waals surface area contributed by atoms with E-state index in [2.05, 4.69) is 0 Å². The van der Waals surface area contributed by atoms with Gasteiger partial charge in [-0.15, -0.1) is 0 Å². The lowest BCUT2D eigenvalue weighted by molar-refractivity contribution is -0.0374. The van der Waals surface area contributed by atoms with Crippen LogP contribution >= 0.6 is 0 Å². The van der Waals surface area contributed by atoms with Gasteiger partial charge in [0.05, 0.1) is 5.60 Å². The van der Waals surface area contributed by atoms with Crippen LogP contribution in [0, 0.1) is 5.41 Å². The lowest BCUT2D eigenvalue weighted by atomic mass is 9.62. The summed E-state index contributed by atoms with van der Waals surface area (Å²) in [5.74, 6) is 0. The van der Waals surface area contributed by atoms with Gasteiger partial charge in [0.2, 0.25) is 0 Å². The number of rotatable bonds is 1. The predicted molar refractivity (Wildman–Crippen MR) is 58.0 cm³/mol. The second-order valence-corrected chi connectivity index (χ2v) is 5.49. The molecule has 0 bridgehead atoms. The third-order valence-electron chi connectivity index (χ3n) is 4.54. The minimum absolute atomic E-state index is 0.448. The molecule has 0 aromatic rings. The molecule has 0 unspecified atom stereocenters. The molecule has 0 aromatic heterocycles. The van der Waals surface area contributed by atoms with Gasteiger partial charge >= 0.3 is 0 Å². The Morgan fingerprint density at radius 1 is 0.857 bits per heavy atom. The summed E-state index contributed by atoms with van der Waals surface area (Å²) in [5.41, 5.74) is 5.68. The van der Waals surface area contributed by atoms with E-state index in [0.717, 1.165) is 12.8 Å². The van der Waals surface area contributed by atoms with Crippen molar-refractivity contribution in [1.82, 2.24) is 0 Å². The van der Waals surface area contributed by atoms with E-state index >= 15 is 0 Å². The van der Waals surface area contributed by atoms with Crippen LogP contribution < -0.4 is 5.73 Å². The van der Waals surface area contributed by atoms with Gasteiger partial charge in [-0.05, 0) is 43.9 Å². The van der Waals surface area contributed by atoms with E-state index in [1.165, 1.54) is 44.9 Å². The third-order valence-corrected chi connectivity index (χ3v) is 4.54. The molecule has 2 aliphatic carbocycles. The molecule has 3 N–H and O–H groups in total. The Balaban J connectivity index is 1.93. The molecule has 0 heterocycles. The lowest BCUT2D eigenvalue weighted by Gasteiger charge is -2.46. The van der Waals surface area contributed by atoms with Gasteiger partial charge in [-0.2, -0.15) is 0 Å². The molecule has 14 heavy (non-hydrogen) atoms. The quantitative estimate of drug-likeness (QED) is 0.677. The van der Waals surface area contributed by atoms with E-state index < -0.39 is 5.60 Å². The van der Waals surface area contributed by atoms with Crippen LogP contribution in [0.15, 0.2) is 0 Å². The maximum absolute atomic E-state index is 10.1. The Bertz CT molecular complexity index is 186. The highest BCUT2D eigenvalue weighted by atomic mass is 16.3. The van der Waals surface area contributed by atoms with E-state index in [0.29, 0.717) is 12.0 Å². The van der Waals surface area contributed by atoms with Gasteiger partial charge in [-0.25, -0.2) is 0 Å². The van der Waals surface area contributed by atoms with Gasteiger partial charge < -0.3 is 10.8 Å². The number of hydrogen-bond acceptors (Lipinski definition) is 2. The molecule has 0 radical (unpaired) electrons. The zero-order valence-electron chi connectivity index (χ0n) is 9.10. The normalized spacial score (nSPS) is 30.4. The third kappa shape index (κ3) is 1.96. The molecule has 2 nitrogen and oxygen atoms in total. The highest BCUT2D eigenvalue weighted by Gasteiger charge is 2.41. The summed E-state index contributed by atoms with van der Waals surface area (Å²) in [4.78, 5) is 0. The van der Waals surface area contributed by atoms with Crippen molar-refractivity contribution in [3.05, 3.63) is 0 Å². The number of nitrogens with two attached hydrogens (primary N) is 1. The van der Waals surface area contributed by atoms with Crippen LogP contribution in [0.2, 0.25) is 0 Å². The van der Waals surface area contributed by atoms with E-state index in [4.69, 9.17) is 5.73 Å². The second-order valence-electron chi connectivity index (χ2n) is 5.49. The maximum atomic E-state index is 10.1. The molecule has 0 aromatic carbocycles. The molecular formula is C12H23NO. The average Bonchev–Trinajstić information content (AvgIpc) is 2.25. The highest BCUT2D eigenvalue weighted by molar-refractivity contribution is 4.94. The van der Waals surface area contributed by atoms with Crippen molar-refractivity contribution in [2.75, 3.05) is 6.54 Å². The fraction of sp³-hybridized carbons (Fsp3) is 1.00. The van der Waals surface area contributed by atoms with Gasteiger partial charge in [-0.3, -0.25) is 0 Å². The predicted octanol–water partition coefficient (Wildman–Crippen LogP) is 2.20. The summed E-state index contributed by atoms with van der Waals surface area (Å²) in [5, 5.41) is 10.1. The molecule has 2 saturated carbocycles. The van der Waals surface area contributed by atoms with Gasteiger partial charge in [0, 0.05) is 6.54 Å². The summed E-state index contributed by atoms with van der Waals surface area (Å²) in [6.45, 7) is 0.448. The van der Waals surface area contributed by atoms with Crippen LogP contribution in [-0.2, 0) is 0 Å². The Morgan fingerprint density at radius 2 is 1.43 bits per heavy atom.